The van der Waals surface area contributed by atoms with E-state index in [0.29, 0.717) is 6.42 Å². The van der Waals surface area contributed by atoms with Gasteiger partial charge in [0.05, 0.1) is 38.0 Å². The van der Waals surface area contributed by atoms with Gasteiger partial charge in [0.15, 0.2) is 0 Å². The monoisotopic (exact) mass is 387 g/mol. The third kappa shape index (κ3) is 2.86. The van der Waals surface area contributed by atoms with Crippen LogP contribution in [0.4, 0.5) is 0 Å². The molecule has 0 bridgehead atoms. The molecule has 9 heteroatoms. The summed E-state index contributed by atoms with van der Waals surface area (Å²) in [5.74, 6) is 0.270. The standard InChI is InChI=1S/C17H17N5O2S2/c1-7(2)9-5-18-10(15-13(9)20-17(24)26-15)4-8(3)12-14-11(6-19-22-12)25-16(23)21-14/h5-8H,4H2,1-3H3,(H,20,24)(H,21,23). The third-order valence-electron chi connectivity index (χ3n) is 4.42. The van der Waals surface area contributed by atoms with Gasteiger partial charge in [0.2, 0.25) is 0 Å². The number of fused-ring (bicyclic) bond motifs is 2. The molecule has 0 amide bonds. The van der Waals surface area contributed by atoms with Gasteiger partial charge in [-0.2, -0.15) is 10.2 Å². The fraction of sp³-hybridized carbons (Fsp3) is 0.353. The van der Waals surface area contributed by atoms with E-state index in [1.165, 1.54) is 11.3 Å². The fourth-order valence-corrected chi connectivity index (χ4v) is 4.71. The summed E-state index contributed by atoms with van der Waals surface area (Å²) in [6.07, 6.45) is 4.05. The van der Waals surface area contributed by atoms with Gasteiger partial charge < -0.3 is 9.97 Å². The number of hydrogen-bond donors (Lipinski definition) is 2. The highest BCUT2D eigenvalue weighted by Crippen LogP contribution is 2.30. The summed E-state index contributed by atoms with van der Waals surface area (Å²) in [7, 11) is 0. The summed E-state index contributed by atoms with van der Waals surface area (Å²) in [6.45, 7) is 6.19. The lowest BCUT2D eigenvalue weighted by Gasteiger charge is -2.13. The second kappa shape index (κ2) is 6.40. The predicted octanol–water partition coefficient (Wildman–Crippen LogP) is 3.15. The molecule has 134 valence electrons. The summed E-state index contributed by atoms with van der Waals surface area (Å²) in [5.41, 5.74) is 4.25. The average Bonchev–Trinajstić information content (AvgIpc) is 3.15. The van der Waals surface area contributed by atoms with Crippen LogP contribution in [0.25, 0.3) is 20.4 Å². The summed E-state index contributed by atoms with van der Waals surface area (Å²) in [4.78, 5) is 33.8. The molecule has 2 N–H and O–H groups in total. The molecule has 0 aliphatic heterocycles. The average molecular weight is 387 g/mol. The maximum Gasteiger partial charge on any atom is 0.305 e. The molecule has 4 aromatic rings. The molecule has 0 aliphatic carbocycles. The Bertz CT molecular complexity index is 1220. The van der Waals surface area contributed by atoms with Crippen LogP contribution in [0, 0.1) is 0 Å². The number of nitrogens with one attached hydrogen (secondary N) is 2. The van der Waals surface area contributed by atoms with E-state index < -0.39 is 0 Å². The van der Waals surface area contributed by atoms with Crippen LogP contribution in [-0.4, -0.2) is 25.1 Å². The van der Waals surface area contributed by atoms with Crippen molar-refractivity contribution in [1.82, 2.24) is 25.1 Å². The van der Waals surface area contributed by atoms with Crippen molar-refractivity contribution < 1.29 is 0 Å². The van der Waals surface area contributed by atoms with Crippen LogP contribution in [0.1, 0.15) is 49.6 Å². The van der Waals surface area contributed by atoms with Gasteiger partial charge in [-0.25, -0.2) is 0 Å². The molecule has 0 aliphatic rings. The Morgan fingerprint density at radius 2 is 1.77 bits per heavy atom. The van der Waals surface area contributed by atoms with Gasteiger partial charge in [0, 0.05) is 12.1 Å². The first-order valence-corrected chi connectivity index (χ1v) is 9.92. The van der Waals surface area contributed by atoms with Gasteiger partial charge in [-0.15, -0.1) is 0 Å². The summed E-state index contributed by atoms with van der Waals surface area (Å²) < 4.78 is 1.69. The number of H-pyrrole nitrogens is 2. The Kier molecular flexibility index (Phi) is 4.20. The second-order valence-electron chi connectivity index (χ2n) is 6.62. The van der Waals surface area contributed by atoms with Gasteiger partial charge in [0.25, 0.3) is 0 Å². The molecular weight excluding hydrogens is 370 g/mol. The number of aromatic amines is 2. The van der Waals surface area contributed by atoms with Crippen LogP contribution in [0.5, 0.6) is 0 Å². The van der Waals surface area contributed by atoms with Gasteiger partial charge in [-0.3, -0.25) is 14.6 Å². The number of pyridine rings is 1. The topological polar surface area (TPSA) is 104 Å². The zero-order chi connectivity index (χ0) is 18.4. The van der Waals surface area contributed by atoms with Crippen molar-refractivity contribution in [3.63, 3.8) is 0 Å². The van der Waals surface area contributed by atoms with E-state index in [4.69, 9.17) is 0 Å². The van der Waals surface area contributed by atoms with Crippen molar-refractivity contribution in [2.45, 2.75) is 39.0 Å². The van der Waals surface area contributed by atoms with Gasteiger partial charge in [0.1, 0.15) is 0 Å². The van der Waals surface area contributed by atoms with Crippen molar-refractivity contribution >= 4 is 43.1 Å². The Morgan fingerprint density at radius 1 is 1.04 bits per heavy atom. The third-order valence-corrected chi connectivity index (χ3v) is 6.17. The summed E-state index contributed by atoms with van der Waals surface area (Å²) in [5, 5.41) is 8.26. The lowest BCUT2D eigenvalue weighted by Crippen LogP contribution is -2.06. The minimum atomic E-state index is -0.117. The Morgan fingerprint density at radius 3 is 2.54 bits per heavy atom. The van der Waals surface area contributed by atoms with Crippen molar-refractivity contribution in [3.05, 3.63) is 48.7 Å². The molecule has 4 aromatic heterocycles. The minimum absolute atomic E-state index is 0.00532. The Balaban J connectivity index is 1.78. The molecular formula is C17H17N5O2S2. The lowest BCUT2D eigenvalue weighted by atomic mass is 9.98. The molecule has 0 saturated heterocycles. The first-order valence-electron chi connectivity index (χ1n) is 8.29. The van der Waals surface area contributed by atoms with Gasteiger partial charge in [-0.05, 0) is 17.9 Å². The second-order valence-corrected chi connectivity index (χ2v) is 8.62. The van der Waals surface area contributed by atoms with Crippen molar-refractivity contribution in [3.8, 4) is 0 Å². The largest absolute Gasteiger partial charge is 0.312 e. The quantitative estimate of drug-likeness (QED) is 0.560. The van der Waals surface area contributed by atoms with E-state index in [9.17, 15) is 9.59 Å². The number of nitrogens with zero attached hydrogens (tertiary/aromatic N) is 3. The molecule has 7 nitrogen and oxygen atoms in total. The number of thiazole rings is 2. The van der Waals surface area contributed by atoms with Crippen molar-refractivity contribution in [2.75, 3.05) is 0 Å². The van der Waals surface area contributed by atoms with Crippen LogP contribution >= 0.6 is 22.7 Å². The van der Waals surface area contributed by atoms with Crippen LogP contribution < -0.4 is 9.75 Å². The molecule has 1 unspecified atom stereocenters. The first-order chi connectivity index (χ1) is 12.4. The summed E-state index contributed by atoms with van der Waals surface area (Å²) >= 11 is 2.32. The van der Waals surface area contributed by atoms with Gasteiger partial charge in [-0.1, -0.05) is 43.4 Å². The van der Waals surface area contributed by atoms with E-state index in [1.54, 1.807) is 6.20 Å². The molecule has 1 atom stereocenters. The van der Waals surface area contributed by atoms with E-state index in [1.807, 2.05) is 13.1 Å². The molecule has 26 heavy (non-hydrogen) atoms. The molecule has 0 aromatic carbocycles. The van der Waals surface area contributed by atoms with Crippen LogP contribution in [-0.2, 0) is 6.42 Å². The van der Waals surface area contributed by atoms with E-state index >= 15 is 0 Å². The molecule has 4 rings (SSSR count). The molecule has 0 fully saturated rings. The normalized spacial score (nSPS) is 13.1. The van der Waals surface area contributed by atoms with Crippen LogP contribution in [0.15, 0.2) is 22.0 Å². The highest BCUT2D eigenvalue weighted by molar-refractivity contribution is 7.16. The first kappa shape index (κ1) is 17.0. The zero-order valence-corrected chi connectivity index (χ0v) is 16.1. The molecule has 0 radical (unpaired) electrons. The SMILES string of the molecule is CC(C)c1cnc(CC(C)c2nncc3sc(=O)[nH]c23)c2sc(=O)[nH]c12. The Hall–Kier alpha value is -2.39. The highest BCUT2D eigenvalue weighted by Gasteiger charge is 2.19. The molecule has 0 saturated carbocycles. The van der Waals surface area contributed by atoms with E-state index in [2.05, 4.69) is 39.0 Å². The smallest absolute Gasteiger partial charge is 0.305 e. The fourth-order valence-electron chi connectivity index (χ4n) is 3.13. The number of hydrogen-bond acceptors (Lipinski definition) is 7. The van der Waals surface area contributed by atoms with Gasteiger partial charge >= 0.3 is 9.75 Å². The van der Waals surface area contributed by atoms with Crippen molar-refractivity contribution in [1.29, 1.82) is 0 Å². The minimum Gasteiger partial charge on any atom is -0.312 e. The predicted molar refractivity (Wildman–Crippen MR) is 104 cm³/mol. The van der Waals surface area contributed by atoms with Crippen LogP contribution in [0.2, 0.25) is 0 Å². The molecule has 4 heterocycles. The maximum atomic E-state index is 11.9. The number of aromatic nitrogens is 5. The maximum absolute atomic E-state index is 11.9. The van der Waals surface area contributed by atoms with E-state index in [-0.39, 0.29) is 21.6 Å². The van der Waals surface area contributed by atoms with Crippen LogP contribution in [0.3, 0.4) is 0 Å². The molecule has 0 spiro atoms. The van der Waals surface area contributed by atoms with Crippen molar-refractivity contribution in [2.24, 2.45) is 0 Å². The summed E-state index contributed by atoms with van der Waals surface area (Å²) in [6, 6.07) is 0. The number of rotatable bonds is 4. The lowest BCUT2D eigenvalue weighted by molar-refractivity contribution is 0.708. The van der Waals surface area contributed by atoms with E-state index in [0.717, 1.165) is 48.7 Å². The highest BCUT2D eigenvalue weighted by atomic mass is 32.1. The zero-order valence-electron chi connectivity index (χ0n) is 14.5. The Labute approximate surface area is 156 Å².